The second kappa shape index (κ2) is 4.49. The highest BCUT2D eigenvalue weighted by atomic mass is 19.1. The molecule has 0 aliphatic carbocycles. The number of rotatable bonds is 3. The van der Waals surface area contributed by atoms with Crippen molar-refractivity contribution in [3.8, 4) is 0 Å². The van der Waals surface area contributed by atoms with Gasteiger partial charge in [-0.3, -0.25) is 0 Å². The molecule has 0 atom stereocenters. The van der Waals surface area contributed by atoms with Gasteiger partial charge >= 0.3 is 0 Å². The molecule has 0 fully saturated rings. The summed E-state index contributed by atoms with van der Waals surface area (Å²) in [5.41, 5.74) is 2.90. The summed E-state index contributed by atoms with van der Waals surface area (Å²) < 4.78 is 15.0. The van der Waals surface area contributed by atoms with Crippen LogP contribution < -0.4 is 0 Å². The van der Waals surface area contributed by atoms with Crippen LogP contribution in [0.15, 0.2) is 36.7 Å². The zero-order chi connectivity index (χ0) is 11.5. The molecule has 0 aliphatic rings. The molecule has 2 rings (SSSR count). The predicted octanol–water partition coefficient (Wildman–Crippen LogP) is 2.48. The van der Waals surface area contributed by atoms with E-state index in [1.807, 2.05) is 30.0 Å². The van der Waals surface area contributed by atoms with Crippen LogP contribution in [-0.4, -0.2) is 9.67 Å². The van der Waals surface area contributed by atoms with Crippen molar-refractivity contribution in [2.24, 2.45) is 0 Å². The SMILES string of the molecule is Cc1ccc(F)cc1Cn1ccc(CO)c1. The molecule has 0 saturated heterocycles. The van der Waals surface area contributed by atoms with Gasteiger partial charge in [-0.05, 0) is 41.8 Å². The quantitative estimate of drug-likeness (QED) is 0.842. The minimum atomic E-state index is -0.213. The summed E-state index contributed by atoms with van der Waals surface area (Å²) >= 11 is 0. The molecule has 0 aliphatic heterocycles. The molecule has 1 heterocycles. The van der Waals surface area contributed by atoms with Gasteiger partial charge in [-0.25, -0.2) is 4.39 Å². The van der Waals surface area contributed by atoms with Gasteiger partial charge in [0.05, 0.1) is 6.61 Å². The maximum atomic E-state index is 13.1. The minimum Gasteiger partial charge on any atom is -0.392 e. The maximum absolute atomic E-state index is 13.1. The lowest BCUT2D eigenvalue weighted by Crippen LogP contribution is -1.99. The van der Waals surface area contributed by atoms with Crippen LogP contribution in [-0.2, 0) is 13.2 Å². The van der Waals surface area contributed by atoms with Crippen molar-refractivity contribution in [3.63, 3.8) is 0 Å². The zero-order valence-electron chi connectivity index (χ0n) is 9.15. The Kier molecular flexibility index (Phi) is 3.06. The van der Waals surface area contributed by atoms with Crippen LogP contribution in [0.25, 0.3) is 0 Å². The van der Waals surface area contributed by atoms with Crippen molar-refractivity contribution < 1.29 is 9.50 Å². The molecule has 2 nitrogen and oxygen atoms in total. The maximum Gasteiger partial charge on any atom is 0.123 e. The standard InChI is InChI=1S/C13H14FNO/c1-10-2-3-13(14)6-12(10)8-15-5-4-11(7-15)9-16/h2-7,16H,8-9H2,1H3. The molecule has 0 amide bonds. The fourth-order valence-electron chi connectivity index (χ4n) is 1.69. The van der Waals surface area contributed by atoms with Crippen LogP contribution in [0.2, 0.25) is 0 Å². The van der Waals surface area contributed by atoms with Crippen LogP contribution in [0.3, 0.4) is 0 Å². The van der Waals surface area contributed by atoms with Gasteiger partial charge in [-0.1, -0.05) is 6.07 Å². The van der Waals surface area contributed by atoms with Gasteiger partial charge in [0.25, 0.3) is 0 Å². The van der Waals surface area contributed by atoms with Gasteiger partial charge in [-0.2, -0.15) is 0 Å². The van der Waals surface area contributed by atoms with Gasteiger partial charge in [0.1, 0.15) is 5.82 Å². The van der Waals surface area contributed by atoms with E-state index >= 15 is 0 Å². The molecule has 1 aromatic heterocycles. The Bertz CT molecular complexity index is 490. The van der Waals surface area contributed by atoms with E-state index < -0.39 is 0 Å². The average molecular weight is 219 g/mol. The molecular weight excluding hydrogens is 205 g/mol. The fourth-order valence-corrected chi connectivity index (χ4v) is 1.69. The largest absolute Gasteiger partial charge is 0.392 e. The molecule has 84 valence electrons. The number of halogens is 1. The second-order valence-electron chi connectivity index (χ2n) is 3.92. The van der Waals surface area contributed by atoms with Gasteiger partial charge in [-0.15, -0.1) is 0 Å². The van der Waals surface area contributed by atoms with Crippen molar-refractivity contribution >= 4 is 0 Å². The van der Waals surface area contributed by atoms with Crippen LogP contribution in [0.4, 0.5) is 4.39 Å². The van der Waals surface area contributed by atoms with E-state index in [9.17, 15) is 4.39 Å². The molecule has 3 heteroatoms. The van der Waals surface area contributed by atoms with Crippen LogP contribution in [0, 0.1) is 12.7 Å². The summed E-state index contributed by atoms with van der Waals surface area (Å²) in [6, 6.07) is 6.65. The summed E-state index contributed by atoms with van der Waals surface area (Å²) in [7, 11) is 0. The lowest BCUT2D eigenvalue weighted by atomic mass is 10.1. The highest BCUT2D eigenvalue weighted by Crippen LogP contribution is 2.13. The third kappa shape index (κ3) is 2.31. The van der Waals surface area contributed by atoms with Crippen molar-refractivity contribution in [2.45, 2.75) is 20.1 Å². The normalized spacial score (nSPS) is 10.7. The molecule has 0 bridgehead atoms. The first-order valence-corrected chi connectivity index (χ1v) is 5.19. The lowest BCUT2D eigenvalue weighted by molar-refractivity contribution is 0.282. The monoisotopic (exact) mass is 219 g/mol. The number of hydrogen-bond donors (Lipinski definition) is 1. The number of aliphatic hydroxyl groups excluding tert-OH is 1. The Hall–Kier alpha value is -1.61. The number of aliphatic hydroxyl groups is 1. The molecule has 0 spiro atoms. The first-order valence-electron chi connectivity index (χ1n) is 5.19. The fraction of sp³-hybridized carbons (Fsp3) is 0.231. The third-order valence-electron chi connectivity index (χ3n) is 2.66. The van der Waals surface area contributed by atoms with Crippen molar-refractivity contribution in [2.75, 3.05) is 0 Å². The molecule has 0 saturated carbocycles. The van der Waals surface area contributed by atoms with E-state index in [-0.39, 0.29) is 12.4 Å². The van der Waals surface area contributed by atoms with Crippen LogP contribution in [0.5, 0.6) is 0 Å². The topological polar surface area (TPSA) is 25.2 Å². The van der Waals surface area contributed by atoms with Crippen LogP contribution >= 0.6 is 0 Å². The van der Waals surface area contributed by atoms with Gasteiger partial charge < -0.3 is 9.67 Å². The number of hydrogen-bond acceptors (Lipinski definition) is 1. The average Bonchev–Trinajstić information content (AvgIpc) is 2.71. The van der Waals surface area contributed by atoms with Crippen molar-refractivity contribution in [1.82, 2.24) is 4.57 Å². The molecule has 16 heavy (non-hydrogen) atoms. The number of aromatic nitrogens is 1. The van der Waals surface area contributed by atoms with E-state index in [1.165, 1.54) is 6.07 Å². The van der Waals surface area contributed by atoms with E-state index in [2.05, 4.69) is 0 Å². The summed E-state index contributed by atoms with van der Waals surface area (Å²) in [5, 5.41) is 8.94. The predicted molar refractivity (Wildman–Crippen MR) is 60.6 cm³/mol. The Morgan fingerprint density at radius 3 is 2.81 bits per heavy atom. The highest BCUT2D eigenvalue weighted by molar-refractivity contribution is 5.27. The Balaban J connectivity index is 2.22. The number of aryl methyl sites for hydroxylation is 1. The molecule has 1 N–H and O–H groups in total. The van der Waals surface area contributed by atoms with Gasteiger partial charge in [0.2, 0.25) is 0 Å². The number of benzene rings is 1. The molecule has 0 unspecified atom stereocenters. The molecule has 2 aromatic rings. The minimum absolute atomic E-state index is 0.0368. The Labute approximate surface area is 94.0 Å². The summed E-state index contributed by atoms with van der Waals surface area (Å²) in [4.78, 5) is 0. The van der Waals surface area contributed by atoms with E-state index in [0.717, 1.165) is 16.7 Å². The van der Waals surface area contributed by atoms with Crippen molar-refractivity contribution in [1.29, 1.82) is 0 Å². The first kappa shape index (κ1) is 10.9. The number of nitrogens with zero attached hydrogens (tertiary/aromatic N) is 1. The zero-order valence-corrected chi connectivity index (χ0v) is 9.15. The van der Waals surface area contributed by atoms with E-state index in [1.54, 1.807) is 12.1 Å². The van der Waals surface area contributed by atoms with E-state index in [4.69, 9.17) is 5.11 Å². The Morgan fingerprint density at radius 1 is 1.31 bits per heavy atom. The van der Waals surface area contributed by atoms with Crippen LogP contribution in [0.1, 0.15) is 16.7 Å². The molecule has 0 radical (unpaired) electrons. The summed E-state index contributed by atoms with van der Waals surface area (Å²) in [6.07, 6.45) is 3.75. The van der Waals surface area contributed by atoms with Gasteiger partial charge in [0.15, 0.2) is 0 Å². The first-order chi connectivity index (χ1) is 7.69. The summed E-state index contributed by atoms with van der Waals surface area (Å²) in [6.45, 7) is 2.63. The van der Waals surface area contributed by atoms with Gasteiger partial charge in [0, 0.05) is 18.9 Å². The lowest BCUT2D eigenvalue weighted by Gasteiger charge is -2.07. The second-order valence-corrected chi connectivity index (χ2v) is 3.92. The summed E-state index contributed by atoms with van der Waals surface area (Å²) in [5.74, 6) is -0.213. The Morgan fingerprint density at radius 2 is 2.12 bits per heavy atom. The smallest absolute Gasteiger partial charge is 0.123 e. The molecule has 1 aromatic carbocycles. The van der Waals surface area contributed by atoms with E-state index in [0.29, 0.717) is 6.54 Å². The highest BCUT2D eigenvalue weighted by Gasteiger charge is 2.02. The molecular formula is C13H14FNO. The third-order valence-corrected chi connectivity index (χ3v) is 2.66. The van der Waals surface area contributed by atoms with Crippen molar-refractivity contribution in [3.05, 3.63) is 59.2 Å².